The van der Waals surface area contributed by atoms with E-state index in [1.807, 2.05) is 0 Å². The minimum absolute atomic E-state index is 0.652. The molecule has 0 aliphatic heterocycles. The Bertz CT molecular complexity index is 358. The third-order valence-electron chi connectivity index (χ3n) is 3.48. The molecule has 1 aliphatic rings. The minimum atomic E-state index is 0.652. The third kappa shape index (κ3) is 5.15. The van der Waals surface area contributed by atoms with Gasteiger partial charge in [0, 0.05) is 6.54 Å². The Kier molecular flexibility index (Phi) is 5.58. The number of nitrogens with one attached hydrogen (secondary N) is 1. The first kappa shape index (κ1) is 14.3. The molecule has 1 N–H and O–H groups in total. The van der Waals surface area contributed by atoms with E-state index < -0.39 is 0 Å². The van der Waals surface area contributed by atoms with E-state index in [0.717, 1.165) is 25.4 Å². The van der Waals surface area contributed by atoms with Crippen LogP contribution in [0.15, 0.2) is 12.4 Å². The average molecular weight is 263 g/mol. The molecule has 1 aromatic heterocycles. The van der Waals surface area contributed by atoms with Crippen LogP contribution >= 0.6 is 0 Å². The van der Waals surface area contributed by atoms with Crippen LogP contribution in [0.4, 0.5) is 0 Å². The fraction of sp³-hybridized carbons (Fsp3) is 0.733. The first-order valence-corrected chi connectivity index (χ1v) is 7.38. The first-order valence-electron chi connectivity index (χ1n) is 7.38. The summed E-state index contributed by atoms with van der Waals surface area (Å²) in [5, 5.41) is 3.35. The fourth-order valence-corrected chi connectivity index (χ4v) is 2.38. The standard InChI is InChI=1S/C15H25N3O/c1-12(2)7-16-8-14-9-18-15(10-17-14)19-11-13-5-3-4-6-13/h9-10,12-13,16H,3-8,11H2,1-2H3. The number of rotatable bonds is 7. The second-order valence-corrected chi connectivity index (χ2v) is 5.83. The number of hydrogen-bond acceptors (Lipinski definition) is 4. The maximum absolute atomic E-state index is 5.69. The van der Waals surface area contributed by atoms with E-state index in [1.165, 1.54) is 25.7 Å². The van der Waals surface area contributed by atoms with E-state index in [9.17, 15) is 0 Å². The molecule has 0 amide bonds. The highest BCUT2D eigenvalue weighted by Gasteiger charge is 2.15. The largest absolute Gasteiger partial charge is 0.476 e. The maximum Gasteiger partial charge on any atom is 0.232 e. The molecule has 0 unspecified atom stereocenters. The van der Waals surface area contributed by atoms with Crippen molar-refractivity contribution in [2.75, 3.05) is 13.2 Å². The topological polar surface area (TPSA) is 47.0 Å². The summed E-state index contributed by atoms with van der Waals surface area (Å²) in [6.45, 7) is 6.95. The van der Waals surface area contributed by atoms with Gasteiger partial charge in [0.1, 0.15) is 0 Å². The van der Waals surface area contributed by atoms with Crippen molar-refractivity contribution in [1.29, 1.82) is 0 Å². The smallest absolute Gasteiger partial charge is 0.232 e. The van der Waals surface area contributed by atoms with Crippen molar-refractivity contribution in [3.63, 3.8) is 0 Å². The molecule has 1 aromatic rings. The van der Waals surface area contributed by atoms with Crippen LogP contribution in [0, 0.1) is 11.8 Å². The molecule has 1 fully saturated rings. The predicted molar refractivity (Wildman–Crippen MR) is 76.0 cm³/mol. The molecular formula is C15H25N3O. The summed E-state index contributed by atoms with van der Waals surface area (Å²) in [4.78, 5) is 8.68. The quantitative estimate of drug-likeness (QED) is 0.821. The van der Waals surface area contributed by atoms with Gasteiger partial charge in [-0.3, -0.25) is 4.98 Å². The summed E-state index contributed by atoms with van der Waals surface area (Å²) in [7, 11) is 0. The minimum Gasteiger partial charge on any atom is -0.476 e. The zero-order chi connectivity index (χ0) is 13.5. The third-order valence-corrected chi connectivity index (χ3v) is 3.48. The number of ether oxygens (including phenoxy) is 1. The Morgan fingerprint density at radius 1 is 1.26 bits per heavy atom. The fourth-order valence-electron chi connectivity index (χ4n) is 2.38. The molecule has 1 aliphatic carbocycles. The van der Waals surface area contributed by atoms with Crippen molar-refractivity contribution in [1.82, 2.24) is 15.3 Å². The molecule has 0 saturated heterocycles. The van der Waals surface area contributed by atoms with Gasteiger partial charge in [-0.05, 0) is 31.2 Å². The van der Waals surface area contributed by atoms with Crippen molar-refractivity contribution in [3.05, 3.63) is 18.1 Å². The number of aromatic nitrogens is 2. The van der Waals surface area contributed by atoms with Gasteiger partial charge >= 0.3 is 0 Å². The van der Waals surface area contributed by atoms with Gasteiger partial charge in [-0.1, -0.05) is 26.7 Å². The highest BCUT2D eigenvalue weighted by Crippen LogP contribution is 2.25. The van der Waals surface area contributed by atoms with E-state index in [2.05, 4.69) is 29.1 Å². The lowest BCUT2D eigenvalue weighted by molar-refractivity contribution is 0.242. The molecule has 106 valence electrons. The van der Waals surface area contributed by atoms with Crippen LogP contribution in [0.2, 0.25) is 0 Å². The second kappa shape index (κ2) is 7.43. The van der Waals surface area contributed by atoms with Gasteiger partial charge in [-0.2, -0.15) is 0 Å². The van der Waals surface area contributed by atoms with Crippen LogP contribution in [0.5, 0.6) is 5.88 Å². The van der Waals surface area contributed by atoms with E-state index in [4.69, 9.17) is 4.74 Å². The van der Waals surface area contributed by atoms with Crippen LogP contribution in [0.3, 0.4) is 0 Å². The summed E-state index contributed by atoms with van der Waals surface area (Å²) >= 11 is 0. The molecule has 0 radical (unpaired) electrons. The summed E-state index contributed by atoms with van der Waals surface area (Å²) in [6.07, 6.45) is 8.83. The Labute approximate surface area is 116 Å². The van der Waals surface area contributed by atoms with Gasteiger partial charge in [-0.25, -0.2) is 4.98 Å². The van der Waals surface area contributed by atoms with Gasteiger partial charge < -0.3 is 10.1 Å². The lowest BCUT2D eigenvalue weighted by Gasteiger charge is -2.10. The van der Waals surface area contributed by atoms with Crippen LogP contribution in [-0.4, -0.2) is 23.1 Å². The highest BCUT2D eigenvalue weighted by molar-refractivity contribution is 5.07. The van der Waals surface area contributed by atoms with Gasteiger partial charge in [0.15, 0.2) is 0 Å². The summed E-state index contributed by atoms with van der Waals surface area (Å²) in [5.74, 6) is 2.02. The molecule has 4 nitrogen and oxygen atoms in total. The van der Waals surface area contributed by atoms with E-state index in [0.29, 0.717) is 17.7 Å². The normalized spacial score (nSPS) is 16.2. The molecule has 0 aromatic carbocycles. The van der Waals surface area contributed by atoms with Crippen molar-refractivity contribution in [2.24, 2.45) is 11.8 Å². The van der Waals surface area contributed by atoms with Crippen molar-refractivity contribution < 1.29 is 4.74 Å². The van der Waals surface area contributed by atoms with Gasteiger partial charge in [-0.15, -0.1) is 0 Å². The molecule has 1 heterocycles. The zero-order valence-corrected chi connectivity index (χ0v) is 12.1. The van der Waals surface area contributed by atoms with E-state index in [1.54, 1.807) is 12.4 Å². The van der Waals surface area contributed by atoms with Crippen LogP contribution in [0.1, 0.15) is 45.2 Å². The maximum atomic E-state index is 5.69. The second-order valence-electron chi connectivity index (χ2n) is 5.83. The SMILES string of the molecule is CC(C)CNCc1cnc(OCC2CCCC2)cn1. The summed E-state index contributed by atoms with van der Waals surface area (Å²) in [5.41, 5.74) is 0.967. The lowest BCUT2D eigenvalue weighted by atomic mass is 10.1. The average Bonchev–Trinajstić information content (AvgIpc) is 2.90. The predicted octanol–water partition coefficient (Wildman–Crippen LogP) is 2.79. The first-order chi connectivity index (χ1) is 9.24. The van der Waals surface area contributed by atoms with Gasteiger partial charge in [0.25, 0.3) is 0 Å². The summed E-state index contributed by atoms with van der Waals surface area (Å²) < 4.78 is 5.69. The molecule has 0 atom stereocenters. The molecule has 0 bridgehead atoms. The Balaban J connectivity index is 1.71. The van der Waals surface area contributed by atoms with Crippen LogP contribution in [0.25, 0.3) is 0 Å². The Hall–Kier alpha value is -1.16. The lowest BCUT2D eigenvalue weighted by Crippen LogP contribution is -2.19. The van der Waals surface area contributed by atoms with Gasteiger partial charge in [0.05, 0.1) is 24.7 Å². The summed E-state index contributed by atoms with van der Waals surface area (Å²) in [6, 6.07) is 0. The highest BCUT2D eigenvalue weighted by atomic mass is 16.5. The molecule has 19 heavy (non-hydrogen) atoms. The molecule has 4 heteroatoms. The van der Waals surface area contributed by atoms with E-state index in [-0.39, 0.29) is 0 Å². The monoisotopic (exact) mass is 263 g/mol. The molecule has 0 spiro atoms. The van der Waals surface area contributed by atoms with Crippen LogP contribution in [-0.2, 0) is 6.54 Å². The van der Waals surface area contributed by atoms with Crippen molar-refractivity contribution in [3.8, 4) is 5.88 Å². The van der Waals surface area contributed by atoms with Crippen molar-refractivity contribution >= 4 is 0 Å². The number of hydrogen-bond donors (Lipinski definition) is 1. The van der Waals surface area contributed by atoms with Gasteiger partial charge in [0.2, 0.25) is 5.88 Å². The number of nitrogens with zero attached hydrogens (tertiary/aromatic N) is 2. The van der Waals surface area contributed by atoms with Crippen molar-refractivity contribution in [2.45, 2.75) is 46.1 Å². The molecular weight excluding hydrogens is 238 g/mol. The Morgan fingerprint density at radius 2 is 2.05 bits per heavy atom. The molecule has 1 saturated carbocycles. The van der Waals surface area contributed by atoms with E-state index >= 15 is 0 Å². The zero-order valence-electron chi connectivity index (χ0n) is 12.1. The molecule has 2 rings (SSSR count). The van der Waals surface area contributed by atoms with Crippen LogP contribution < -0.4 is 10.1 Å². The Morgan fingerprint density at radius 3 is 2.68 bits per heavy atom.